The Labute approximate surface area is 125 Å². The first kappa shape index (κ1) is 15.2. The monoisotopic (exact) mass is 313 g/mol. The van der Waals surface area contributed by atoms with E-state index in [0.29, 0.717) is 24.6 Å². The second-order valence-corrected chi connectivity index (χ2v) is 6.51. The van der Waals surface area contributed by atoms with Crippen LogP contribution in [0.5, 0.6) is 0 Å². The van der Waals surface area contributed by atoms with E-state index in [0.717, 1.165) is 5.56 Å². The Morgan fingerprint density at radius 3 is 2.85 bits per heavy atom. The molecule has 1 saturated heterocycles. The highest BCUT2D eigenvalue weighted by molar-refractivity contribution is 8.28. The number of halogens is 1. The van der Waals surface area contributed by atoms with Crippen LogP contribution in [0.15, 0.2) is 24.3 Å². The van der Waals surface area contributed by atoms with Gasteiger partial charge in [-0.1, -0.05) is 40.3 Å². The second-order valence-electron chi connectivity index (χ2n) is 4.37. The number of nitrogens with zero attached hydrogens (tertiary/aromatic N) is 1. The van der Waals surface area contributed by atoms with Gasteiger partial charge in [-0.3, -0.25) is 14.5 Å². The molecule has 1 aliphatic rings. The van der Waals surface area contributed by atoms with Crippen molar-refractivity contribution in [3.8, 4) is 0 Å². The van der Waals surface area contributed by atoms with Crippen LogP contribution in [0.25, 0.3) is 0 Å². The van der Waals surface area contributed by atoms with Crippen molar-refractivity contribution in [1.82, 2.24) is 4.90 Å². The van der Waals surface area contributed by atoms with Gasteiger partial charge in [-0.2, -0.15) is 0 Å². The maximum atomic E-state index is 12.2. The van der Waals surface area contributed by atoms with Gasteiger partial charge in [0.15, 0.2) is 0 Å². The summed E-state index contributed by atoms with van der Waals surface area (Å²) >= 11 is 6.07. The van der Waals surface area contributed by atoms with E-state index >= 15 is 0 Å². The van der Waals surface area contributed by atoms with Crippen molar-refractivity contribution in [3.63, 3.8) is 0 Å². The average molecular weight is 314 g/mol. The van der Waals surface area contributed by atoms with Crippen molar-refractivity contribution in [3.05, 3.63) is 34.9 Å². The van der Waals surface area contributed by atoms with Crippen molar-refractivity contribution in [1.29, 1.82) is 0 Å². The third kappa shape index (κ3) is 3.48. The summed E-state index contributed by atoms with van der Waals surface area (Å²) in [7, 11) is 0.889. The molecule has 1 unspecified atom stereocenters. The molecule has 0 aromatic heterocycles. The van der Waals surface area contributed by atoms with E-state index in [1.54, 1.807) is 18.5 Å². The van der Waals surface area contributed by atoms with Gasteiger partial charge in [-0.15, -0.1) is 0 Å². The molecular formula is C14H16ClNO3S. The predicted octanol–water partition coefficient (Wildman–Crippen LogP) is 2.76. The van der Waals surface area contributed by atoms with Gasteiger partial charge < -0.3 is 4.74 Å². The molecule has 4 nitrogen and oxygen atoms in total. The van der Waals surface area contributed by atoms with Gasteiger partial charge >= 0.3 is 0 Å². The Kier molecular flexibility index (Phi) is 5.34. The van der Waals surface area contributed by atoms with Crippen molar-refractivity contribution in [2.45, 2.75) is 6.42 Å². The van der Waals surface area contributed by atoms with Crippen LogP contribution in [-0.2, 0) is 9.53 Å². The zero-order valence-electron chi connectivity index (χ0n) is 11.2. The molecule has 6 heteroatoms. The van der Waals surface area contributed by atoms with Crippen LogP contribution in [0.3, 0.4) is 0 Å². The van der Waals surface area contributed by atoms with Crippen molar-refractivity contribution in [2.75, 3.05) is 26.0 Å². The number of hydrogen-bond donors (Lipinski definition) is 0. The lowest BCUT2D eigenvalue weighted by atomic mass is 10.2. The Hall–Kier alpha value is -1.17. The van der Waals surface area contributed by atoms with E-state index in [4.69, 9.17) is 16.3 Å². The molecule has 0 saturated carbocycles. The molecule has 2 amide bonds. The van der Waals surface area contributed by atoms with Gasteiger partial charge in [0.1, 0.15) is 0 Å². The number of rotatable bonds is 5. The highest BCUT2D eigenvalue weighted by Gasteiger charge is 2.32. The Balaban J connectivity index is 2.13. The van der Waals surface area contributed by atoms with Crippen molar-refractivity contribution in [2.24, 2.45) is 0 Å². The number of benzene rings is 1. The molecular weight excluding hydrogens is 298 g/mol. The second kappa shape index (κ2) is 7.02. The van der Waals surface area contributed by atoms with E-state index in [9.17, 15) is 9.59 Å². The van der Waals surface area contributed by atoms with E-state index < -0.39 is 10.5 Å². The van der Waals surface area contributed by atoms with Crippen LogP contribution < -0.4 is 0 Å². The van der Waals surface area contributed by atoms with Crippen LogP contribution in [0, 0.1) is 0 Å². The summed E-state index contributed by atoms with van der Waals surface area (Å²) in [5.41, 5.74) is 0.803. The zero-order chi connectivity index (χ0) is 14.5. The van der Waals surface area contributed by atoms with Gasteiger partial charge in [0.2, 0.25) is 5.91 Å². The molecule has 1 heterocycles. The van der Waals surface area contributed by atoms with Crippen LogP contribution in [0.4, 0.5) is 4.79 Å². The molecule has 0 bridgehead atoms. The predicted molar refractivity (Wildman–Crippen MR) is 82.7 cm³/mol. The average Bonchev–Trinajstić information content (AvgIpc) is 2.69. The molecule has 1 atom stereocenters. The molecule has 20 heavy (non-hydrogen) atoms. The lowest BCUT2D eigenvalue weighted by molar-refractivity contribution is -0.124. The lowest BCUT2D eigenvalue weighted by Crippen LogP contribution is -2.30. The molecule has 0 spiro atoms. The summed E-state index contributed by atoms with van der Waals surface area (Å²) in [6.45, 7) is 0.963. The normalized spacial score (nSPS) is 19.1. The molecule has 1 aromatic carbocycles. The first-order chi connectivity index (χ1) is 9.63. The van der Waals surface area contributed by atoms with Gasteiger partial charge in [0, 0.05) is 25.3 Å². The smallest absolute Gasteiger partial charge is 0.283 e. The summed E-state index contributed by atoms with van der Waals surface area (Å²) in [4.78, 5) is 25.4. The number of amides is 2. The highest BCUT2D eigenvalue weighted by atomic mass is 35.5. The van der Waals surface area contributed by atoms with Crippen molar-refractivity contribution < 1.29 is 14.3 Å². The number of hydrogen-bond acceptors (Lipinski definition) is 3. The minimum atomic E-state index is -0.712. The van der Waals surface area contributed by atoms with E-state index in [1.165, 1.54) is 4.90 Å². The molecule has 0 aliphatic carbocycles. The van der Waals surface area contributed by atoms with E-state index in [1.807, 2.05) is 18.2 Å². The maximum absolute atomic E-state index is 12.2. The van der Waals surface area contributed by atoms with Crippen LogP contribution in [0.1, 0.15) is 12.0 Å². The number of ether oxygens (including phenoxy) is 1. The topological polar surface area (TPSA) is 46.6 Å². The minimum absolute atomic E-state index is 0.113. The van der Waals surface area contributed by atoms with Crippen molar-refractivity contribution >= 4 is 38.6 Å². The van der Waals surface area contributed by atoms with Crippen LogP contribution in [0.2, 0.25) is 5.02 Å². The molecule has 1 fully saturated rings. The zero-order valence-corrected chi connectivity index (χ0v) is 12.7. The summed E-state index contributed by atoms with van der Waals surface area (Å²) < 4.78 is 4.94. The lowest BCUT2D eigenvalue weighted by Gasteiger charge is -2.12. The van der Waals surface area contributed by atoms with Gasteiger partial charge in [-0.05, 0) is 23.4 Å². The van der Waals surface area contributed by atoms with Crippen LogP contribution in [-0.4, -0.2) is 47.4 Å². The Morgan fingerprint density at radius 1 is 1.40 bits per heavy atom. The quantitative estimate of drug-likeness (QED) is 0.620. The standard InChI is InChI=1S/C14H16ClNO3S/c1-19-8-4-7-16-13(17)10-20(14(16)18)9-11-5-2-3-6-12(11)15/h2-3,5-6,9H,4,7-8,10H2,1H3. The van der Waals surface area contributed by atoms with Gasteiger partial charge in [0.05, 0.1) is 5.75 Å². The molecule has 2 rings (SSSR count). The third-order valence-electron chi connectivity index (χ3n) is 2.93. The molecule has 0 radical (unpaired) electrons. The first-order valence-corrected chi connectivity index (χ1v) is 8.09. The summed E-state index contributed by atoms with van der Waals surface area (Å²) in [6.07, 6.45) is 0.664. The number of methoxy groups -OCH3 is 1. The largest absolute Gasteiger partial charge is 0.385 e. The number of carbonyl (C=O) groups is 2. The number of carbonyl (C=O) groups excluding carboxylic acids is 2. The van der Waals surface area contributed by atoms with E-state index in [-0.39, 0.29) is 16.9 Å². The summed E-state index contributed by atoms with van der Waals surface area (Å²) in [5, 5.41) is 2.28. The first-order valence-electron chi connectivity index (χ1n) is 6.26. The molecule has 1 aromatic rings. The van der Waals surface area contributed by atoms with E-state index in [2.05, 4.69) is 0 Å². The maximum Gasteiger partial charge on any atom is 0.283 e. The minimum Gasteiger partial charge on any atom is -0.385 e. The number of imide groups is 1. The van der Waals surface area contributed by atoms with Gasteiger partial charge in [0.25, 0.3) is 5.24 Å². The van der Waals surface area contributed by atoms with Crippen LogP contribution >= 0.6 is 22.1 Å². The molecule has 0 N–H and O–H groups in total. The molecule has 108 valence electrons. The Bertz CT molecular complexity index is 559. The summed E-state index contributed by atoms with van der Waals surface area (Å²) in [6, 6.07) is 7.32. The fraction of sp³-hybridized carbons (Fsp3) is 0.357. The fourth-order valence-electron chi connectivity index (χ4n) is 1.92. The highest BCUT2D eigenvalue weighted by Crippen LogP contribution is 2.28. The Morgan fingerprint density at radius 2 is 2.15 bits per heavy atom. The van der Waals surface area contributed by atoms with Gasteiger partial charge in [-0.25, -0.2) is 0 Å². The molecule has 1 aliphatic heterocycles. The SMILES string of the molecule is COCCCN1C(=O)C/S(=C/c2ccccc2Cl)C1=O. The third-order valence-corrected chi connectivity index (χ3v) is 5.04. The summed E-state index contributed by atoms with van der Waals surface area (Å²) in [5.74, 6) is 0.134. The fourth-order valence-corrected chi connectivity index (χ4v) is 3.89.